The Bertz CT molecular complexity index is 835. The maximum atomic E-state index is 12.7. The molecule has 6 heteroatoms. The first-order chi connectivity index (χ1) is 14.7. The summed E-state index contributed by atoms with van der Waals surface area (Å²) in [5, 5.41) is 6.17. The Kier molecular flexibility index (Phi) is 6.64. The van der Waals surface area contributed by atoms with E-state index in [0.29, 0.717) is 25.9 Å². The van der Waals surface area contributed by atoms with Gasteiger partial charge in [-0.05, 0) is 37.0 Å². The SMILES string of the molecule is O=C(NC1CCN(Cc2ccccc2)C1)C1CCN(C(=O)Nc2ccccc2)CC1. The highest BCUT2D eigenvalue weighted by atomic mass is 16.2. The molecule has 2 saturated heterocycles. The predicted molar refractivity (Wildman–Crippen MR) is 118 cm³/mol. The number of amides is 3. The van der Waals surface area contributed by atoms with Crippen molar-refractivity contribution in [2.45, 2.75) is 31.8 Å². The van der Waals surface area contributed by atoms with Crippen molar-refractivity contribution in [1.29, 1.82) is 0 Å². The van der Waals surface area contributed by atoms with Gasteiger partial charge in [0.1, 0.15) is 0 Å². The Hall–Kier alpha value is -2.86. The molecule has 0 bridgehead atoms. The fourth-order valence-electron chi connectivity index (χ4n) is 4.32. The second-order valence-corrected chi connectivity index (χ2v) is 8.27. The number of anilines is 1. The lowest BCUT2D eigenvalue weighted by molar-refractivity contribution is -0.126. The van der Waals surface area contributed by atoms with Gasteiger partial charge in [0.25, 0.3) is 0 Å². The van der Waals surface area contributed by atoms with Crippen molar-refractivity contribution < 1.29 is 9.59 Å². The Balaban J connectivity index is 1.19. The molecule has 2 N–H and O–H groups in total. The topological polar surface area (TPSA) is 64.7 Å². The summed E-state index contributed by atoms with van der Waals surface area (Å²) in [6.07, 6.45) is 2.43. The number of carbonyl (C=O) groups is 2. The van der Waals surface area contributed by atoms with E-state index >= 15 is 0 Å². The molecule has 2 aromatic rings. The van der Waals surface area contributed by atoms with Crippen molar-refractivity contribution in [3.05, 3.63) is 66.2 Å². The van der Waals surface area contributed by atoms with Crippen LogP contribution in [0.1, 0.15) is 24.8 Å². The Morgan fingerprint density at radius 2 is 1.53 bits per heavy atom. The lowest BCUT2D eigenvalue weighted by Crippen LogP contribution is -2.46. The van der Waals surface area contributed by atoms with E-state index in [1.807, 2.05) is 36.4 Å². The number of para-hydroxylation sites is 1. The van der Waals surface area contributed by atoms with Gasteiger partial charge in [0.05, 0.1) is 0 Å². The molecule has 2 aliphatic heterocycles. The normalized spacial score (nSPS) is 20.1. The van der Waals surface area contributed by atoms with Crippen LogP contribution in [0.5, 0.6) is 0 Å². The highest BCUT2D eigenvalue weighted by molar-refractivity contribution is 5.89. The van der Waals surface area contributed by atoms with Gasteiger partial charge in [-0.15, -0.1) is 0 Å². The molecular formula is C24H30N4O2. The zero-order chi connectivity index (χ0) is 20.8. The van der Waals surface area contributed by atoms with Crippen molar-refractivity contribution in [2.75, 3.05) is 31.5 Å². The second-order valence-electron chi connectivity index (χ2n) is 8.27. The van der Waals surface area contributed by atoms with E-state index in [-0.39, 0.29) is 23.9 Å². The van der Waals surface area contributed by atoms with E-state index < -0.39 is 0 Å². The van der Waals surface area contributed by atoms with Crippen molar-refractivity contribution in [2.24, 2.45) is 5.92 Å². The Morgan fingerprint density at radius 1 is 0.867 bits per heavy atom. The summed E-state index contributed by atoms with van der Waals surface area (Å²) in [5.41, 5.74) is 2.11. The van der Waals surface area contributed by atoms with Gasteiger partial charge in [0.15, 0.2) is 0 Å². The average Bonchev–Trinajstić information content (AvgIpc) is 3.22. The van der Waals surface area contributed by atoms with Crippen molar-refractivity contribution >= 4 is 17.6 Å². The lowest BCUT2D eigenvalue weighted by Gasteiger charge is -2.32. The molecule has 30 heavy (non-hydrogen) atoms. The van der Waals surface area contributed by atoms with Crippen LogP contribution in [0.15, 0.2) is 60.7 Å². The molecule has 2 heterocycles. The summed E-state index contributed by atoms with van der Waals surface area (Å²) in [5.74, 6) is 0.138. The first kappa shape index (κ1) is 20.4. The molecule has 1 atom stereocenters. The molecule has 2 aliphatic rings. The van der Waals surface area contributed by atoms with Crippen LogP contribution >= 0.6 is 0 Å². The maximum absolute atomic E-state index is 12.7. The lowest BCUT2D eigenvalue weighted by atomic mass is 9.95. The smallest absolute Gasteiger partial charge is 0.321 e. The van der Waals surface area contributed by atoms with E-state index in [1.54, 1.807) is 4.90 Å². The molecule has 6 nitrogen and oxygen atoms in total. The molecule has 0 aromatic heterocycles. The van der Waals surface area contributed by atoms with Gasteiger partial charge in [-0.3, -0.25) is 9.69 Å². The third kappa shape index (κ3) is 5.39. The van der Waals surface area contributed by atoms with E-state index in [1.165, 1.54) is 5.56 Å². The third-order valence-corrected chi connectivity index (χ3v) is 6.05. The predicted octanol–water partition coefficient (Wildman–Crippen LogP) is 3.32. The molecule has 0 radical (unpaired) electrons. The number of nitrogens with one attached hydrogen (secondary N) is 2. The van der Waals surface area contributed by atoms with E-state index in [2.05, 4.69) is 39.8 Å². The summed E-state index contributed by atoms with van der Waals surface area (Å²) in [6, 6.07) is 20.1. The van der Waals surface area contributed by atoms with Gasteiger partial charge in [-0.2, -0.15) is 0 Å². The van der Waals surface area contributed by atoms with Crippen LogP contribution < -0.4 is 10.6 Å². The van der Waals surface area contributed by atoms with Crippen LogP contribution in [0.2, 0.25) is 0 Å². The number of carbonyl (C=O) groups excluding carboxylic acids is 2. The Morgan fingerprint density at radius 3 is 2.23 bits per heavy atom. The van der Waals surface area contributed by atoms with Crippen LogP contribution in [0, 0.1) is 5.92 Å². The number of benzene rings is 2. The van der Waals surface area contributed by atoms with Crippen molar-refractivity contribution in [3.8, 4) is 0 Å². The molecule has 0 aliphatic carbocycles. The van der Waals surface area contributed by atoms with Crippen LogP contribution in [0.3, 0.4) is 0 Å². The Labute approximate surface area is 178 Å². The van der Waals surface area contributed by atoms with Gasteiger partial charge in [0, 0.05) is 50.4 Å². The third-order valence-electron chi connectivity index (χ3n) is 6.05. The largest absolute Gasteiger partial charge is 0.352 e. The summed E-state index contributed by atoms with van der Waals surface area (Å²) in [4.78, 5) is 29.4. The van der Waals surface area contributed by atoms with E-state index in [4.69, 9.17) is 0 Å². The van der Waals surface area contributed by atoms with Gasteiger partial charge < -0.3 is 15.5 Å². The first-order valence-corrected chi connectivity index (χ1v) is 10.8. The molecule has 4 rings (SSSR count). The minimum absolute atomic E-state index is 0.00560. The molecular weight excluding hydrogens is 376 g/mol. The summed E-state index contributed by atoms with van der Waals surface area (Å²) < 4.78 is 0. The fraction of sp³-hybridized carbons (Fsp3) is 0.417. The minimum atomic E-state index is -0.0904. The summed E-state index contributed by atoms with van der Waals surface area (Å²) in [6.45, 7) is 4.07. The molecule has 1 unspecified atom stereocenters. The number of rotatable bonds is 5. The molecule has 3 amide bonds. The number of urea groups is 1. The molecule has 158 valence electrons. The van der Waals surface area contributed by atoms with Gasteiger partial charge >= 0.3 is 6.03 Å². The van der Waals surface area contributed by atoms with Crippen LogP contribution in [0.25, 0.3) is 0 Å². The number of hydrogen-bond acceptors (Lipinski definition) is 3. The van der Waals surface area contributed by atoms with Crippen molar-refractivity contribution in [1.82, 2.24) is 15.1 Å². The highest BCUT2D eigenvalue weighted by Crippen LogP contribution is 2.20. The zero-order valence-electron chi connectivity index (χ0n) is 17.3. The van der Waals surface area contributed by atoms with Gasteiger partial charge in [-0.25, -0.2) is 4.79 Å². The molecule has 0 saturated carbocycles. The number of nitrogens with zero attached hydrogens (tertiary/aromatic N) is 2. The molecule has 2 fully saturated rings. The average molecular weight is 407 g/mol. The van der Waals surface area contributed by atoms with E-state index in [0.717, 1.165) is 31.7 Å². The number of hydrogen-bond donors (Lipinski definition) is 2. The van der Waals surface area contributed by atoms with Crippen LogP contribution in [0.4, 0.5) is 10.5 Å². The number of likely N-dealkylation sites (tertiary alicyclic amines) is 2. The fourth-order valence-corrected chi connectivity index (χ4v) is 4.32. The highest BCUT2D eigenvalue weighted by Gasteiger charge is 2.30. The van der Waals surface area contributed by atoms with Crippen molar-refractivity contribution in [3.63, 3.8) is 0 Å². The standard InChI is InChI=1S/C24H30N4O2/c29-23(25-22-13-14-27(18-22)17-19-7-3-1-4-8-19)20-11-15-28(16-12-20)24(30)26-21-9-5-2-6-10-21/h1-10,20,22H,11-18H2,(H,25,29)(H,26,30). The monoisotopic (exact) mass is 406 g/mol. The van der Waals surface area contributed by atoms with Crippen LogP contribution in [-0.4, -0.2) is 54.0 Å². The van der Waals surface area contributed by atoms with Gasteiger partial charge in [0.2, 0.25) is 5.91 Å². The second kappa shape index (κ2) is 9.76. The molecule has 2 aromatic carbocycles. The molecule has 0 spiro atoms. The summed E-state index contributed by atoms with van der Waals surface area (Å²) in [7, 11) is 0. The number of piperidine rings is 1. The summed E-state index contributed by atoms with van der Waals surface area (Å²) >= 11 is 0. The van der Waals surface area contributed by atoms with Gasteiger partial charge in [-0.1, -0.05) is 48.5 Å². The maximum Gasteiger partial charge on any atom is 0.321 e. The van der Waals surface area contributed by atoms with Crippen LogP contribution in [-0.2, 0) is 11.3 Å². The zero-order valence-corrected chi connectivity index (χ0v) is 17.3. The first-order valence-electron chi connectivity index (χ1n) is 10.8. The van der Waals surface area contributed by atoms with E-state index in [9.17, 15) is 9.59 Å². The minimum Gasteiger partial charge on any atom is -0.352 e. The quantitative estimate of drug-likeness (QED) is 0.801.